The van der Waals surface area contributed by atoms with Gasteiger partial charge >= 0.3 is 5.97 Å². The van der Waals surface area contributed by atoms with Crippen molar-refractivity contribution in [2.75, 3.05) is 7.11 Å². The van der Waals surface area contributed by atoms with Gasteiger partial charge < -0.3 is 13.9 Å². The highest BCUT2D eigenvalue weighted by Gasteiger charge is 2.12. The van der Waals surface area contributed by atoms with E-state index < -0.39 is 5.97 Å². The summed E-state index contributed by atoms with van der Waals surface area (Å²) < 4.78 is 15.1. The van der Waals surface area contributed by atoms with Crippen molar-refractivity contribution in [3.05, 3.63) is 51.7 Å². The predicted molar refractivity (Wildman–Crippen MR) is 70.8 cm³/mol. The van der Waals surface area contributed by atoms with Gasteiger partial charge in [-0.1, -0.05) is 29.3 Å². The standard InChI is InChI=1S/C13H10Cl2O4/c1-17-13(16)11-4-5-12(19-11)18-7-8-2-3-9(14)6-10(8)15/h2-6H,7H2,1H3. The van der Waals surface area contributed by atoms with E-state index in [-0.39, 0.29) is 18.3 Å². The van der Waals surface area contributed by atoms with Crippen molar-refractivity contribution in [3.63, 3.8) is 0 Å². The van der Waals surface area contributed by atoms with E-state index in [0.717, 1.165) is 5.56 Å². The second-order valence-electron chi connectivity index (χ2n) is 3.63. The van der Waals surface area contributed by atoms with Crippen LogP contribution in [0.3, 0.4) is 0 Å². The molecule has 1 aromatic carbocycles. The molecule has 0 radical (unpaired) electrons. The molecule has 0 saturated heterocycles. The number of methoxy groups -OCH3 is 1. The van der Waals surface area contributed by atoms with Crippen LogP contribution >= 0.6 is 23.2 Å². The largest absolute Gasteiger partial charge is 0.463 e. The number of carbonyl (C=O) groups is 1. The van der Waals surface area contributed by atoms with E-state index in [1.54, 1.807) is 18.2 Å². The minimum absolute atomic E-state index is 0.0831. The Balaban J connectivity index is 2.02. The van der Waals surface area contributed by atoms with Crippen molar-refractivity contribution in [2.24, 2.45) is 0 Å². The minimum atomic E-state index is -0.556. The van der Waals surface area contributed by atoms with Gasteiger partial charge in [0, 0.05) is 21.7 Å². The Kier molecular flexibility index (Phi) is 4.35. The number of benzene rings is 1. The fourth-order valence-electron chi connectivity index (χ4n) is 1.40. The molecule has 0 spiro atoms. The second-order valence-corrected chi connectivity index (χ2v) is 4.48. The second kappa shape index (κ2) is 5.99. The summed E-state index contributed by atoms with van der Waals surface area (Å²) in [5.74, 6) is -0.259. The lowest BCUT2D eigenvalue weighted by molar-refractivity contribution is 0.0556. The van der Waals surface area contributed by atoms with E-state index >= 15 is 0 Å². The Hall–Kier alpha value is -1.65. The van der Waals surface area contributed by atoms with E-state index in [4.69, 9.17) is 32.4 Å². The van der Waals surface area contributed by atoms with Gasteiger partial charge in [-0.25, -0.2) is 4.79 Å². The van der Waals surface area contributed by atoms with E-state index in [2.05, 4.69) is 4.74 Å². The molecular formula is C13H10Cl2O4. The number of esters is 1. The number of rotatable bonds is 4. The van der Waals surface area contributed by atoms with Crippen LogP contribution < -0.4 is 4.74 Å². The molecule has 2 aromatic rings. The maximum absolute atomic E-state index is 11.2. The summed E-state index contributed by atoms with van der Waals surface area (Å²) in [5, 5.41) is 1.06. The first kappa shape index (κ1) is 13.8. The van der Waals surface area contributed by atoms with Gasteiger partial charge in [-0.2, -0.15) is 0 Å². The molecule has 0 fully saturated rings. The average Bonchev–Trinajstić information content (AvgIpc) is 2.85. The van der Waals surface area contributed by atoms with Gasteiger partial charge in [-0.15, -0.1) is 0 Å². The van der Waals surface area contributed by atoms with Gasteiger partial charge in [0.15, 0.2) is 0 Å². The predicted octanol–water partition coefficient (Wildman–Crippen LogP) is 3.95. The highest BCUT2D eigenvalue weighted by Crippen LogP contribution is 2.23. The third-order valence-corrected chi connectivity index (χ3v) is 2.94. The maximum Gasteiger partial charge on any atom is 0.374 e. The van der Waals surface area contributed by atoms with Crippen LogP contribution in [0.1, 0.15) is 16.1 Å². The van der Waals surface area contributed by atoms with Crippen LogP contribution in [0.15, 0.2) is 34.7 Å². The zero-order chi connectivity index (χ0) is 13.8. The molecule has 0 N–H and O–H groups in total. The first-order valence-corrected chi connectivity index (χ1v) is 6.10. The lowest BCUT2D eigenvalue weighted by Crippen LogP contribution is -1.98. The molecule has 0 aliphatic carbocycles. The third-order valence-electron chi connectivity index (χ3n) is 2.35. The zero-order valence-electron chi connectivity index (χ0n) is 9.98. The van der Waals surface area contributed by atoms with E-state index in [1.807, 2.05) is 0 Å². The molecule has 4 nitrogen and oxygen atoms in total. The summed E-state index contributed by atoms with van der Waals surface area (Å²) in [6, 6.07) is 8.12. The molecule has 0 atom stereocenters. The quantitative estimate of drug-likeness (QED) is 0.802. The molecule has 0 unspecified atom stereocenters. The molecule has 19 heavy (non-hydrogen) atoms. The summed E-state index contributed by atoms with van der Waals surface area (Å²) in [5.41, 5.74) is 0.766. The lowest BCUT2D eigenvalue weighted by Gasteiger charge is -2.05. The summed E-state index contributed by atoms with van der Waals surface area (Å²) >= 11 is 11.8. The van der Waals surface area contributed by atoms with Crippen molar-refractivity contribution in [3.8, 4) is 5.95 Å². The van der Waals surface area contributed by atoms with Crippen molar-refractivity contribution in [1.82, 2.24) is 0 Å². The van der Waals surface area contributed by atoms with Gasteiger partial charge in [0.1, 0.15) is 6.61 Å². The fraction of sp³-hybridized carbons (Fsp3) is 0.154. The molecule has 6 heteroatoms. The highest BCUT2D eigenvalue weighted by molar-refractivity contribution is 6.35. The Morgan fingerprint density at radius 3 is 2.74 bits per heavy atom. The molecule has 1 aromatic heterocycles. The topological polar surface area (TPSA) is 48.7 Å². The smallest absolute Gasteiger partial charge is 0.374 e. The Labute approximate surface area is 119 Å². The highest BCUT2D eigenvalue weighted by atomic mass is 35.5. The van der Waals surface area contributed by atoms with Gasteiger partial charge in [-0.3, -0.25) is 0 Å². The van der Waals surface area contributed by atoms with Gasteiger partial charge in [0.2, 0.25) is 5.76 Å². The van der Waals surface area contributed by atoms with Crippen molar-refractivity contribution < 1.29 is 18.7 Å². The van der Waals surface area contributed by atoms with Gasteiger partial charge in [-0.05, 0) is 18.2 Å². The van der Waals surface area contributed by atoms with Crippen molar-refractivity contribution in [2.45, 2.75) is 6.61 Å². The van der Waals surface area contributed by atoms with Crippen LogP contribution in [0, 0.1) is 0 Å². The molecule has 2 rings (SSSR count). The molecule has 0 aliphatic heterocycles. The zero-order valence-corrected chi connectivity index (χ0v) is 11.5. The van der Waals surface area contributed by atoms with Crippen LogP contribution in [0.5, 0.6) is 5.95 Å². The maximum atomic E-state index is 11.2. The number of hydrogen-bond donors (Lipinski definition) is 0. The Morgan fingerprint density at radius 2 is 2.05 bits per heavy atom. The summed E-state index contributed by atoms with van der Waals surface area (Å²) in [6.07, 6.45) is 0. The third kappa shape index (κ3) is 3.43. The van der Waals surface area contributed by atoms with Crippen LogP contribution in [-0.4, -0.2) is 13.1 Å². The number of hydrogen-bond acceptors (Lipinski definition) is 4. The van der Waals surface area contributed by atoms with Crippen LogP contribution in [-0.2, 0) is 11.3 Å². The Morgan fingerprint density at radius 1 is 1.26 bits per heavy atom. The normalized spacial score (nSPS) is 10.3. The van der Waals surface area contributed by atoms with Crippen LogP contribution in [0.2, 0.25) is 10.0 Å². The minimum Gasteiger partial charge on any atom is -0.463 e. The fourth-order valence-corrected chi connectivity index (χ4v) is 1.86. The summed E-state index contributed by atoms with van der Waals surface area (Å²) in [4.78, 5) is 11.2. The van der Waals surface area contributed by atoms with Crippen LogP contribution in [0.25, 0.3) is 0 Å². The molecule has 0 amide bonds. The number of furan rings is 1. The van der Waals surface area contributed by atoms with Crippen molar-refractivity contribution in [1.29, 1.82) is 0 Å². The van der Waals surface area contributed by atoms with Gasteiger partial charge in [0.25, 0.3) is 5.95 Å². The molecule has 1 heterocycles. The lowest BCUT2D eigenvalue weighted by atomic mass is 10.2. The Bertz CT molecular complexity index is 592. The van der Waals surface area contributed by atoms with Crippen LogP contribution in [0.4, 0.5) is 0 Å². The molecule has 0 saturated carbocycles. The average molecular weight is 301 g/mol. The molecule has 0 bridgehead atoms. The van der Waals surface area contributed by atoms with Gasteiger partial charge in [0.05, 0.1) is 7.11 Å². The number of ether oxygens (including phenoxy) is 2. The first-order valence-electron chi connectivity index (χ1n) is 5.35. The van der Waals surface area contributed by atoms with E-state index in [9.17, 15) is 4.79 Å². The summed E-state index contributed by atoms with van der Waals surface area (Å²) in [7, 11) is 1.28. The molecule has 100 valence electrons. The van der Waals surface area contributed by atoms with Crippen molar-refractivity contribution >= 4 is 29.2 Å². The SMILES string of the molecule is COC(=O)c1ccc(OCc2ccc(Cl)cc2Cl)o1. The molecular weight excluding hydrogens is 291 g/mol. The summed E-state index contributed by atoms with van der Waals surface area (Å²) in [6.45, 7) is 0.212. The molecule has 0 aliphatic rings. The number of halogens is 2. The first-order chi connectivity index (χ1) is 9.10. The monoisotopic (exact) mass is 300 g/mol. The van der Waals surface area contributed by atoms with E-state index in [1.165, 1.54) is 19.2 Å². The number of carbonyl (C=O) groups excluding carboxylic acids is 1. The van der Waals surface area contributed by atoms with E-state index in [0.29, 0.717) is 10.0 Å².